The summed E-state index contributed by atoms with van der Waals surface area (Å²) in [5.74, 6) is -4.04. The minimum absolute atomic E-state index is 0.00717. The topological polar surface area (TPSA) is 387 Å². The molecule has 486 valence electrons. The van der Waals surface area contributed by atoms with Crippen LogP contribution in [0.5, 0.6) is 0 Å². The lowest BCUT2D eigenvalue weighted by Gasteiger charge is -2.26. The smallest absolute Gasteiger partial charge is 0.409 e. The average Bonchev–Trinajstić information content (AvgIpc) is 1.66. The molecule has 31 nitrogen and oxygen atoms in total. The molecule has 8 heterocycles. The van der Waals surface area contributed by atoms with Crippen molar-refractivity contribution in [2.45, 2.75) is 134 Å². The van der Waals surface area contributed by atoms with Gasteiger partial charge in [0, 0.05) is 63.4 Å². The zero-order chi connectivity index (χ0) is 64.8. The second kappa shape index (κ2) is 29.1. The van der Waals surface area contributed by atoms with Crippen molar-refractivity contribution in [1.82, 2.24) is 54.5 Å². The van der Waals surface area contributed by atoms with E-state index in [-0.39, 0.29) is 91.6 Å². The fourth-order valence-corrected chi connectivity index (χ4v) is 13.1. The van der Waals surface area contributed by atoms with Crippen LogP contribution in [0.2, 0.25) is 0 Å². The number of aromatic amines is 1. The Balaban J connectivity index is 0.712. The first-order valence-electron chi connectivity index (χ1n) is 28.3. The first kappa shape index (κ1) is 67.4. The first-order valence-corrected chi connectivity index (χ1v) is 33.7. The highest BCUT2D eigenvalue weighted by Gasteiger charge is 2.53. The molecule has 3 saturated heterocycles. The number of aliphatic hydroxyl groups is 1. The van der Waals surface area contributed by atoms with Crippen molar-refractivity contribution in [2.75, 3.05) is 44.0 Å². The molecule has 0 saturated carbocycles. The van der Waals surface area contributed by atoms with Gasteiger partial charge in [0.2, 0.25) is 23.6 Å². The minimum Gasteiger partial charge on any atom is -0.445 e. The van der Waals surface area contributed by atoms with Crippen LogP contribution in [0.25, 0.3) is 22.2 Å². The van der Waals surface area contributed by atoms with E-state index in [1.807, 2.05) is 0 Å². The maximum atomic E-state index is 16.8. The molecule has 1 aromatic carbocycles. The number of nitrogens with zero attached hydrogens (tertiary/aromatic N) is 8. The average molecular weight is 1340 g/mol. The number of carbonyl (C=O) groups excluding carboxylic acids is 7. The second-order valence-corrected chi connectivity index (χ2v) is 27.5. The van der Waals surface area contributed by atoms with E-state index in [1.165, 1.54) is 41.9 Å². The van der Waals surface area contributed by atoms with Crippen LogP contribution in [0.4, 0.5) is 25.1 Å². The molecule has 4 aliphatic heterocycles. The fourth-order valence-electron chi connectivity index (χ4n) is 10.1. The summed E-state index contributed by atoms with van der Waals surface area (Å²) in [7, 11) is 1.48. The summed E-state index contributed by atoms with van der Waals surface area (Å²) < 4.78 is 101. The molecule has 4 aromatic heterocycles. The molecule has 0 spiro atoms. The van der Waals surface area contributed by atoms with Gasteiger partial charge in [-0.3, -0.25) is 56.6 Å². The third kappa shape index (κ3) is 16.2. The number of ether oxygens (including phenoxy) is 3. The van der Waals surface area contributed by atoms with Gasteiger partial charge < -0.3 is 59.6 Å². The standard InChI is InChI=1S/C53H65F2N13O18P2S2/c1-27(2)40(63-34(69)9-6-5-7-19-66-36(71)15-16-37(66)72)50(76)61-28(3)48(74)62-30-13-11-29(12-14-30)22-80-53(77)65(4)18-8-10-35(70)64-45-41-47(58-24-56-45)68(26-60-41)51-39(55)43-32(83-51)17-20-81-87(78,89)86-44-42(73)33(23-82-88(79,90)85-43)84-52(44)67-21-31(54)38-46(67)57-25-59-49(38)75/h11-16,21,24-28,32-33,39-40,42-44,51-52,73H,5-10,17-20,22-23H2,1-4H3,(H,61,76)(H,62,74)(H,63,69)(H,78,89)(H,79,90)(H,57,59,75)(H,56,58,64,70)/t28-,32+,33+,39+,40-,42+,43+,44+,51+,52+,87+,88+/m0/s1. The summed E-state index contributed by atoms with van der Waals surface area (Å²) in [4.78, 5) is 122. The zero-order valence-electron chi connectivity index (χ0n) is 48.6. The van der Waals surface area contributed by atoms with E-state index in [0.29, 0.717) is 30.5 Å². The lowest BCUT2D eigenvalue weighted by Crippen LogP contribution is -2.53. The summed E-state index contributed by atoms with van der Waals surface area (Å²) in [5.41, 5.74) is -0.0617. The van der Waals surface area contributed by atoms with Crippen LogP contribution in [0, 0.1) is 11.7 Å². The van der Waals surface area contributed by atoms with Crippen LogP contribution in [-0.2, 0) is 76.8 Å². The van der Waals surface area contributed by atoms with E-state index >= 15 is 8.78 Å². The number of aliphatic hydroxyl groups excluding tert-OH is 1. The highest BCUT2D eigenvalue weighted by molar-refractivity contribution is 8.44. The number of carbonyl (C=O) groups is 7. The predicted octanol–water partition coefficient (Wildman–Crippen LogP) is 4.54. The molecule has 37 heteroatoms. The molecule has 90 heavy (non-hydrogen) atoms. The van der Waals surface area contributed by atoms with Gasteiger partial charge in [0.05, 0.1) is 32.0 Å². The number of H-pyrrole nitrogens is 1. The molecule has 3 fully saturated rings. The van der Waals surface area contributed by atoms with Crippen LogP contribution in [0.15, 0.2) is 66.4 Å². The Hall–Kier alpha value is -7.04. The van der Waals surface area contributed by atoms with Crippen LogP contribution in [-0.4, -0.2) is 173 Å². The lowest BCUT2D eigenvalue weighted by molar-refractivity contribution is -0.137. The van der Waals surface area contributed by atoms with Gasteiger partial charge in [-0.05, 0) is 49.8 Å². The molecule has 2 bridgehead atoms. The summed E-state index contributed by atoms with van der Waals surface area (Å²) in [6.07, 6.45) is -5.80. The number of imidazole rings is 1. The van der Waals surface area contributed by atoms with E-state index in [9.17, 15) is 52.6 Å². The van der Waals surface area contributed by atoms with E-state index in [0.717, 1.165) is 28.3 Å². The molecule has 12 atom stereocenters. The number of nitrogens with one attached hydrogen (secondary N) is 5. The number of imide groups is 1. The normalized spacial score (nSPS) is 26.0. The fraction of sp³-hybridized carbons (Fsp3) is 0.509. The van der Waals surface area contributed by atoms with Gasteiger partial charge in [0.1, 0.15) is 54.8 Å². The number of amides is 7. The van der Waals surface area contributed by atoms with Crippen molar-refractivity contribution < 1.29 is 88.9 Å². The molecule has 5 aromatic rings. The summed E-state index contributed by atoms with van der Waals surface area (Å²) >= 11 is 8.15. The van der Waals surface area contributed by atoms with Gasteiger partial charge in [-0.2, -0.15) is 0 Å². The van der Waals surface area contributed by atoms with Crippen molar-refractivity contribution in [1.29, 1.82) is 0 Å². The molecule has 7 amide bonds. The highest BCUT2D eigenvalue weighted by atomic mass is 32.7. The first-order chi connectivity index (χ1) is 42.8. The molecule has 0 unspecified atom stereocenters. The predicted molar refractivity (Wildman–Crippen MR) is 318 cm³/mol. The minimum atomic E-state index is -4.58. The number of hydrogen-bond acceptors (Lipinski definition) is 22. The van der Waals surface area contributed by atoms with E-state index in [4.69, 9.17) is 32.3 Å². The zero-order valence-corrected chi connectivity index (χ0v) is 52.2. The Labute approximate surface area is 521 Å². The maximum Gasteiger partial charge on any atom is 0.409 e. The number of aromatic nitrogens is 7. The summed E-state index contributed by atoms with van der Waals surface area (Å²) in [6, 6.07) is 4.52. The molecule has 4 aliphatic rings. The Morgan fingerprint density at radius 3 is 2.27 bits per heavy atom. The van der Waals surface area contributed by atoms with Gasteiger partial charge in [0.25, 0.3) is 17.4 Å². The number of benzene rings is 1. The van der Waals surface area contributed by atoms with Crippen LogP contribution in [0.1, 0.15) is 83.7 Å². The van der Waals surface area contributed by atoms with Gasteiger partial charge in [-0.25, -0.2) is 42.6 Å². The molecule has 9 rings (SSSR count). The molecule has 6 N–H and O–H groups in total. The number of rotatable bonds is 21. The lowest BCUT2D eigenvalue weighted by atomic mass is 10.0. The second-order valence-electron chi connectivity index (χ2n) is 21.7. The summed E-state index contributed by atoms with van der Waals surface area (Å²) in [5, 5.41) is 21.6. The Kier molecular flexibility index (Phi) is 21.7. The van der Waals surface area contributed by atoms with E-state index in [1.54, 1.807) is 38.1 Å². The number of hydrogen-bond donors (Lipinski definition) is 8. The van der Waals surface area contributed by atoms with Crippen molar-refractivity contribution >= 4 is 113 Å². The quantitative estimate of drug-likeness (QED) is 0.0216. The number of alkyl halides is 1. The number of halogens is 2. The Morgan fingerprint density at radius 2 is 1.53 bits per heavy atom. The molecular weight excluding hydrogens is 1270 g/mol. The highest BCUT2D eigenvalue weighted by Crippen LogP contribution is 2.60. The van der Waals surface area contributed by atoms with Crippen molar-refractivity contribution in [3.8, 4) is 0 Å². The van der Waals surface area contributed by atoms with Crippen LogP contribution < -0.4 is 26.8 Å². The van der Waals surface area contributed by atoms with Crippen LogP contribution in [0.3, 0.4) is 0 Å². The van der Waals surface area contributed by atoms with Gasteiger partial charge >= 0.3 is 19.7 Å². The van der Waals surface area contributed by atoms with Gasteiger partial charge in [-0.1, -0.05) is 56.9 Å². The third-order valence-corrected chi connectivity index (χ3v) is 18.1. The van der Waals surface area contributed by atoms with Crippen molar-refractivity contribution in [3.05, 3.63) is 83.3 Å². The van der Waals surface area contributed by atoms with Crippen LogP contribution >= 0.6 is 38.1 Å². The van der Waals surface area contributed by atoms with E-state index in [2.05, 4.69) is 70.7 Å². The summed E-state index contributed by atoms with van der Waals surface area (Å²) in [6.45, 7) is -5.09. The number of thiol groups is 2. The Morgan fingerprint density at radius 1 is 0.833 bits per heavy atom. The number of fused-ring (bicyclic) bond motifs is 5. The monoisotopic (exact) mass is 1340 g/mol. The molecular formula is C53H65F2N13O18P2S2. The number of anilines is 2. The van der Waals surface area contributed by atoms with Gasteiger partial charge in [0.15, 0.2) is 47.1 Å². The third-order valence-electron chi connectivity index (χ3n) is 14.9. The number of unbranched alkanes of at least 4 members (excludes halogenated alkanes) is 2. The Bertz CT molecular complexity index is 3700. The van der Waals surface area contributed by atoms with E-state index < -0.39 is 129 Å². The molecule has 0 radical (unpaired) electrons. The van der Waals surface area contributed by atoms with Crippen molar-refractivity contribution in [3.63, 3.8) is 0 Å². The largest absolute Gasteiger partial charge is 0.445 e. The maximum absolute atomic E-state index is 16.8. The SMILES string of the molecule is CC(C)[C@H](NC(=O)CCCCCN1C(=O)C=CC1=O)C(=O)N[C@@H](C)C(=O)Nc1ccc(COC(=O)N(C)CCCC(=O)Nc2ncnc3c2ncn3[C@@H]2O[C@@H]3CCO[P@@](=O)(S)O[C@@H]4[C@H](O)[C@@H](CO[P@@](=O)(S)O[C@H]3[C@H]2F)O[C@H]4n2cc(F)c3c(=O)[nH]cnc32)cc1. The van der Waals surface area contributed by atoms with Crippen molar-refractivity contribution in [2.24, 2.45) is 5.92 Å². The van der Waals surface area contributed by atoms with Gasteiger partial charge in [-0.15, -0.1) is 0 Å². The molecule has 0 aliphatic carbocycles.